The van der Waals surface area contributed by atoms with E-state index in [4.69, 9.17) is 10.5 Å². The third-order valence-electron chi connectivity index (χ3n) is 3.33. The van der Waals surface area contributed by atoms with E-state index in [0.717, 1.165) is 25.5 Å². The summed E-state index contributed by atoms with van der Waals surface area (Å²) in [5.74, 6) is 0.117. The number of hydrogen-bond donors (Lipinski definition) is 2. The summed E-state index contributed by atoms with van der Waals surface area (Å²) in [7, 11) is 0. The van der Waals surface area contributed by atoms with Crippen LogP contribution in [0, 0.1) is 0 Å². The minimum Gasteiger partial charge on any atom is -0.376 e. The van der Waals surface area contributed by atoms with Gasteiger partial charge in [0, 0.05) is 17.6 Å². The minimum absolute atomic E-state index is 0. The zero-order valence-corrected chi connectivity index (χ0v) is 16.1. The van der Waals surface area contributed by atoms with E-state index in [9.17, 15) is 13.2 Å². The van der Waals surface area contributed by atoms with Crippen molar-refractivity contribution in [3.63, 3.8) is 0 Å². The molecule has 0 bridgehead atoms. The number of nitrogens with two attached hydrogens (primary N) is 1. The maximum atomic E-state index is 13.0. The largest absolute Gasteiger partial charge is 0.416 e. The smallest absolute Gasteiger partial charge is 0.376 e. The Labute approximate surface area is 158 Å². The van der Waals surface area contributed by atoms with Crippen LogP contribution in [0.5, 0.6) is 0 Å². The third kappa shape index (κ3) is 6.46. The molecule has 1 aromatic carbocycles. The molecular weight excluding hydrogens is 490 g/mol. The molecule has 0 spiro atoms. The first-order valence-electron chi connectivity index (χ1n) is 6.87. The molecule has 1 atom stereocenters. The molecule has 0 aromatic heterocycles. The predicted octanol–water partition coefficient (Wildman–Crippen LogP) is 3.67. The van der Waals surface area contributed by atoms with Gasteiger partial charge in [0.1, 0.15) is 0 Å². The molecule has 9 heteroatoms. The molecule has 1 aliphatic rings. The number of nitrogens with zero attached hydrogens (tertiary/aromatic N) is 1. The number of halogens is 5. The number of rotatable bonds is 4. The lowest BCUT2D eigenvalue weighted by Crippen LogP contribution is -2.37. The minimum atomic E-state index is -4.42. The number of guanidine groups is 1. The van der Waals surface area contributed by atoms with Gasteiger partial charge < -0.3 is 15.8 Å². The highest BCUT2D eigenvalue weighted by molar-refractivity contribution is 14.0. The molecule has 4 nitrogen and oxygen atoms in total. The van der Waals surface area contributed by atoms with Crippen molar-refractivity contribution < 1.29 is 17.9 Å². The number of hydrogen-bond acceptors (Lipinski definition) is 2. The van der Waals surface area contributed by atoms with Gasteiger partial charge in [0.25, 0.3) is 0 Å². The lowest BCUT2D eigenvalue weighted by Gasteiger charge is -2.13. The Bertz CT molecular complexity index is 549. The summed E-state index contributed by atoms with van der Waals surface area (Å²) in [5, 5.41) is 2.88. The van der Waals surface area contributed by atoms with Crippen molar-refractivity contribution in [2.45, 2.75) is 31.7 Å². The summed E-state index contributed by atoms with van der Waals surface area (Å²) in [6.07, 6.45) is -2.37. The molecular formula is C14H18BrF3IN3O. The first-order chi connectivity index (χ1) is 10.4. The number of nitrogens with one attached hydrogen (secondary N) is 1. The summed E-state index contributed by atoms with van der Waals surface area (Å²) in [6.45, 7) is 1.12. The predicted molar refractivity (Wildman–Crippen MR) is 96.9 cm³/mol. The summed E-state index contributed by atoms with van der Waals surface area (Å²) in [4.78, 5) is 3.97. The zero-order chi connectivity index (χ0) is 16.2. The second kappa shape index (κ2) is 9.07. The van der Waals surface area contributed by atoms with E-state index in [1.807, 2.05) is 0 Å². The number of ether oxygens (including phenoxy) is 1. The van der Waals surface area contributed by atoms with Crippen LogP contribution in [-0.2, 0) is 17.5 Å². The van der Waals surface area contributed by atoms with Gasteiger partial charge in [0.05, 0.1) is 18.2 Å². The lowest BCUT2D eigenvalue weighted by atomic mass is 10.1. The number of alkyl halides is 3. The number of benzene rings is 1. The Morgan fingerprint density at radius 3 is 2.78 bits per heavy atom. The van der Waals surface area contributed by atoms with Gasteiger partial charge in [0.2, 0.25) is 0 Å². The fraction of sp³-hybridized carbons (Fsp3) is 0.500. The Morgan fingerprint density at radius 1 is 1.43 bits per heavy atom. The molecule has 0 radical (unpaired) electrons. The molecule has 1 aliphatic heterocycles. The fourth-order valence-electron chi connectivity index (χ4n) is 2.20. The number of aliphatic imine (C=N–C) groups is 1. The van der Waals surface area contributed by atoms with Gasteiger partial charge in [-0.15, -0.1) is 24.0 Å². The second-order valence-corrected chi connectivity index (χ2v) is 5.93. The quantitative estimate of drug-likeness (QED) is 0.371. The van der Waals surface area contributed by atoms with Crippen LogP contribution in [-0.4, -0.2) is 25.2 Å². The van der Waals surface area contributed by atoms with E-state index in [0.29, 0.717) is 11.0 Å². The molecule has 3 N–H and O–H groups in total. The zero-order valence-electron chi connectivity index (χ0n) is 12.2. The molecule has 23 heavy (non-hydrogen) atoms. The fourth-order valence-corrected chi connectivity index (χ4v) is 2.56. The van der Waals surface area contributed by atoms with E-state index in [1.54, 1.807) is 6.07 Å². The Hall–Kier alpha value is -0.550. The van der Waals surface area contributed by atoms with E-state index in [2.05, 4.69) is 26.2 Å². The van der Waals surface area contributed by atoms with E-state index in [1.165, 1.54) is 6.07 Å². The maximum Gasteiger partial charge on any atom is 0.416 e. The molecule has 0 aliphatic carbocycles. The van der Waals surface area contributed by atoms with Crippen molar-refractivity contribution in [2.75, 3.05) is 13.2 Å². The summed E-state index contributed by atoms with van der Waals surface area (Å²) in [5.41, 5.74) is 5.05. The average Bonchev–Trinajstić information content (AvgIpc) is 2.96. The van der Waals surface area contributed by atoms with Crippen molar-refractivity contribution in [3.05, 3.63) is 33.8 Å². The summed E-state index contributed by atoms with van der Waals surface area (Å²) < 4.78 is 44.7. The summed E-state index contributed by atoms with van der Waals surface area (Å²) in [6, 6.07) is 3.99. The molecule has 0 amide bonds. The van der Waals surface area contributed by atoms with Crippen LogP contribution in [0.15, 0.2) is 27.7 Å². The highest BCUT2D eigenvalue weighted by Crippen LogP contribution is 2.34. The molecule has 130 valence electrons. The van der Waals surface area contributed by atoms with E-state index >= 15 is 0 Å². The van der Waals surface area contributed by atoms with Crippen LogP contribution < -0.4 is 11.1 Å². The molecule has 0 saturated carbocycles. The normalized spacial score (nSPS) is 18.6. The Kier molecular flexibility index (Phi) is 8.08. The van der Waals surface area contributed by atoms with Crippen LogP contribution in [0.3, 0.4) is 0 Å². The lowest BCUT2D eigenvalue weighted by molar-refractivity contribution is -0.138. The first kappa shape index (κ1) is 20.5. The SMILES string of the molecule is I.NC(=NCc1ccc(Br)cc1C(F)(F)F)NCC1CCCO1. The molecule has 1 fully saturated rings. The first-order valence-corrected chi connectivity index (χ1v) is 7.66. The highest BCUT2D eigenvalue weighted by Gasteiger charge is 2.33. The molecule has 1 heterocycles. The van der Waals surface area contributed by atoms with Crippen molar-refractivity contribution >= 4 is 45.9 Å². The van der Waals surface area contributed by atoms with Crippen molar-refractivity contribution in [1.82, 2.24) is 5.32 Å². The van der Waals surface area contributed by atoms with Gasteiger partial charge in [-0.25, -0.2) is 4.99 Å². The Morgan fingerprint density at radius 2 is 2.17 bits per heavy atom. The van der Waals surface area contributed by atoms with Crippen LogP contribution in [0.2, 0.25) is 0 Å². The summed E-state index contributed by atoms with van der Waals surface area (Å²) >= 11 is 3.04. The standard InChI is InChI=1S/C14H17BrF3N3O.HI/c15-10-4-3-9(12(6-10)14(16,17)18)7-20-13(19)21-8-11-2-1-5-22-11;/h3-4,6,11H,1-2,5,7-8H2,(H3,19,20,21);1H. The molecule has 1 aromatic rings. The Balaban J connectivity index is 0.00000264. The van der Waals surface area contributed by atoms with E-state index in [-0.39, 0.29) is 48.1 Å². The third-order valence-corrected chi connectivity index (χ3v) is 3.83. The highest BCUT2D eigenvalue weighted by atomic mass is 127. The van der Waals surface area contributed by atoms with Crippen molar-refractivity contribution in [3.8, 4) is 0 Å². The van der Waals surface area contributed by atoms with Gasteiger partial charge in [-0.05, 0) is 30.5 Å². The topological polar surface area (TPSA) is 59.6 Å². The van der Waals surface area contributed by atoms with Crippen molar-refractivity contribution in [2.24, 2.45) is 10.7 Å². The van der Waals surface area contributed by atoms with Gasteiger partial charge in [-0.2, -0.15) is 13.2 Å². The van der Waals surface area contributed by atoms with Gasteiger partial charge in [-0.3, -0.25) is 0 Å². The average molecular weight is 508 g/mol. The maximum absolute atomic E-state index is 13.0. The van der Waals surface area contributed by atoms with Crippen LogP contribution in [0.1, 0.15) is 24.0 Å². The second-order valence-electron chi connectivity index (χ2n) is 5.02. The molecule has 1 unspecified atom stereocenters. The molecule has 1 saturated heterocycles. The van der Waals surface area contributed by atoms with Crippen molar-refractivity contribution in [1.29, 1.82) is 0 Å². The van der Waals surface area contributed by atoms with Gasteiger partial charge in [0.15, 0.2) is 5.96 Å². The van der Waals surface area contributed by atoms with Crippen LogP contribution >= 0.6 is 39.9 Å². The van der Waals surface area contributed by atoms with E-state index < -0.39 is 11.7 Å². The molecule has 2 rings (SSSR count). The van der Waals surface area contributed by atoms with Gasteiger partial charge >= 0.3 is 6.18 Å². The van der Waals surface area contributed by atoms with Crippen LogP contribution in [0.25, 0.3) is 0 Å². The monoisotopic (exact) mass is 507 g/mol. The van der Waals surface area contributed by atoms with Gasteiger partial charge in [-0.1, -0.05) is 22.0 Å². The van der Waals surface area contributed by atoms with Crippen LogP contribution in [0.4, 0.5) is 13.2 Å².